The second kappa shape index (κ2) is 7.44. The monoisotopic (exact) mass is 313 g/mol. The number of hydrogen-bond acceptors (Lipinski definition) is 4. The standard InChI is InChI=1S/C19H27N3O/c1-19(6-13-23-14-7-19)22-11-9-21(10-12-22)8-5-17-3-2-4-18(15-17)16-20/h2-4,15H,5-14H2,1H3. The highest BCUT2D eigenvalue weighted by Crippen LogP contribution is 2.28. The van der Waals surface area contributed by atoms with E-state index in [1.54, 1.807) is 0 Å². The number of ether oxygens (including phenoxy) is 1. The van der Waals surface area contributed by atoms with Gasteiger partial charge in [0.05, 0.1) is 11.6 Å². The molecule has 23 heavy (non-hydrogen) atoms. The first-order chi connectivity index (χ1) is 11.2. The largest absolute Gasteiger partial charge is 0.381 e. The maximum absolute atomic E-state index is 8.98. The molecule has 0 radical (unpaired) electrons. The molecule has 3 rings (SSSR count). The fourth-order valence-electron chi connectivity index (χ4n) is 3.72. The lowest BCUT2D eigenvalue weighted by molar-refractivity contribution is -0.0375. The number of hydrogen-bond donors (Lipinski definition) is 0. The predicted octanol–water partition coefficient (Wildman–Crippen LogP) is 2.29. The lowest BCUT2D eigenvalue weighted by atomic mass is 9.89. The van der Waals surface area contributed by atoms with E-state index in [1.807, 2.05) is 18.2 Å². The fraction of sp³-hybridized carbons (Fsp3) is 0.632. The van der Waals surface area contributed by atoms with E-state index < -0.39 is 0 Å². The summed E-state index contributed by atoms with van der Waals surface area (Å²) in [6, 6.07) is 10.2. The third-order valence-corrected chi connectivity index (χ3v) is 5.48. The van der Waals surface area contributed by atoms with E-state index in [9.17, 15) is 0 Å². The van der Waals surface area contributed by atoms with Crippen molar-refractivity contribution in [2.75, 3.05) is 45.9 Å². The first kappa shape index (κ1) is 16.4. The molecule has 124 valence electrons. The highest BCUT2D eigenvalue weighted by molar-refractivity contribution is 5.32. The number of rotatable bonds is 4. The molecule has 0 bridgehead atoms. The third kappa shape index (κ3) is 4.11. The first-order valence-corrected chi connectivity index (χ1v) is 8.74. The molecule has 2 saturated heterocycles. The van der Waals surface area contributed by atoms with Crippen molar-refractivity contribution >= 4 is 0 Å². The predicted molar refractivity (Wildman–Crippen MR) is 91.3 cm³/mol. The van der Waals surface area contributed by atoms with Gasteiger partial charge in [0.15, 0.2) is 0 Å². The van der Waals surface area contributed by atoms with Gasteiger partial charge in [0.2, 0.25) is 0 Å². The van der Waals surface area contributed by atoms with Crippen LogP contribution in [0.15, 0.2) is 24.3 Å². The molecular formula is C19H27N3O. The summed E-state index contributed by atoms with van der Waals surface area (Å²) in [5.74, 6) is 0. The molecule has 0 saturated carbocycles. The average molecular weight is 313 g/mol. The Hall–Kier alpha value is -1.41. The fourth-order valence-corrected chi connectivity index (χ4v) is 3.72. The van der Waals surface area contributed by atoms with Crippen molar-refractivity contribution in [1.29, 1.82) is 5.26 Å². The minimum absolute atomic E-state index is 0.339. The Balaban J connectivity index is 1.46. The van der Waals surface area contributed by atoms with Crippen molar-refractivity contribution in [2.24, 2.45) is 0 Å². The summed E-state index contributed by atoms with van der Waals surface area (Å²) in [5, 5.41) is 8.98. The van der Waals surface area contributed by atoms with Crippen molar-refractivity contribution in [3.8, 4) is 6.07 Å². The molecule has 4 heteroatoms. The molecule has 1 aromatic carbocycles. The molecule has 0 spiro atoms. The smallest absolute Gasteiger partial charge is 0.0991 e. The Morgan fingerprint density at radius 3 is 2.61 bits per heavy atom. The van der Waals surface area contributed by atoms with Crippen LogP contribution in [-0.2, 0) is 11.2 Å². The summed E-state index contributed by atoms with van der Waals surface area (Å²) in [6.07, 6.45) is 3.35. The lowest BCUT2D eigenvalue weighted by Crippen LogP contribution is -2.57. The summed E-state index contributed by atoms with van der Waals surface area (Å²) >= 11 is 0. The van der Waals surface area contributed by atoms with E-state index in [0.29, 0.717) is 5.54 Å². The summed E-state index contributed by atoms with van der Waals surface area (Å²) in [7, 11) is 0. The van der Waals surface area contributed by atoms with Crippen molar-refractivity contribution in [3.63, 3.8) is 0 Å². The number of piperazine rings is 1. The lowest BCUT2D eigenvalue weighted by Gasteiger charge is -2.47. The highest BCUT2D eigenvalue weighted by atomic mass is 16.5. The minimum Gasteiger partial charge on any atom is -0.381 e. The zero-order chi connectivity index (χ0) is 16.1. The summed E-state index contributed by atoms with van der Waals surface area (Å²) in [5.41, 5.74) is 2.37. The van der Waals surface area contributed by atoms with Gasteiger partial charge in [-0.1, -0.05) is 12.1 Å². The van der Waals surface area contributed by atoms with Gasteiger partial charge in [-0.15, -0.1) is 0 Å². The van der Waals surface area contributed by atoms with Crippen LogP contribution in [0.25, 0.3) is 0 Å². The van der Waals surface area contributed by atoms with Gasteiger partial charge in [-0.3, -0.25) is 4.90 Å². The zero-order valence-electron chi connectivity index (χ0n) is 14.1. The SMILES string of the molecule is CC1(N2CCN(CCc3cccc(C#N)c3)CC2)CCOCC1. The molecule has 2 heterocycles. The quantitative estimate of drug-likeness (QED) is 0.855. The molecule has 0 unspecified atom stereocenters. The molecule has 2 aliphatic rings. The van der Waals surface area contributed by atoms with Crippen LogP contribution >= 0.6 is 0 Å². The van der Waals surface area contributed by atoms with Gasteiger partial charge in [-0.05, 0) is 43.9 Å². The summed E-state index contributed by atoms with van der Waals surface area (Å²) < 4.78 is 5.52. The molecule has 4 nitrogen and oxygen atoms in total. The zero-order valence-corrected chi connectivity index (χ0v) is 14.1. The van der Waals surface area contributed by atoms with E-state index in [2.05, 4.69) is 28.9 Å². The van der Waals surface area contributed by atoms with E-state index in [4.69, 9.17) is 10.00 Å². The molecule has 0 atom stereocenters. The van der Waals surface area contributed by atoms with Crippen LogP contribution in [0.5, 0.6) is 0 Å². The van der Waals surface area contributed by atoms with E-state index in [-0.39, 0.29) is 0 Å². The van der Waals surface area contributed by atoms with E-state index in [1.165, 1.54) is 5.56 Å². The van der Waals surface area contributed by atoms with E-state index >= 15 is 0 Å². The Kier molecular flexibility index (Phi) is 5.32. The molecule has 0 amide bonds. The van der Waals surface area contributed by atoms with Crippen molar-refractivity contribution in [2.45, 2.75) is 31.7 Å². The third-order valence-electron chi connectivity index (χ3n) is 5.48. The van der Waals surface area contributed by atoms with E-state index in [0.717, 1.165) is 70.8 Å². The Morgan fingerprint density at radius 1 is 1.17 bits per heavy atom. The van der Waals surface area contributed by atoms with Crippen LogP contribution in [0.3, 0.4) is 0 Å². The maximum Gasteiger partial charge on any atom is 0.0991 e. The topological polar surface area (TPSA) is 39.5 Å². The molecule has 2 aliphatic heterocycles. The van der Waals surface area contributed by atoms with Crippen LogP contribution in [-0.4, -0.2) is 61.3 Å². The second-order valence-corrected chi connectivity index (χ2v) is 7.00. The minimum atomic E-state index is 0.339. The highest BCUT2D eigenvalue weighted by Gasteiger charge is 2.35. The van der Waals surface area contributed by atoms with Crippen LogP contribution in [0, 0.1) is 11.3 Å². The van der Waals surface area contributed by atoms with Crippen LogP contribution in [0.1, 0.15) is 30.9 Å². The number of nitriles is 1. The number of nitrogens with zero attached hydrogens (tertiary/aromatic N) is 3. The van der Waals surface area contributed by atoms with Crippen molar-refractivity contribution in [1.82, 2.24) is 9.80 Å². The van der Waals surface area contributed by atoms with Gasteiger partial charge in [-0.2, -0.15) is 5.26 Å². The van der Waals surface area contributed by atoms with Gasteiger partial charge in [-0.25, -0.2) is 0 Å². The molecule has 0 aromatic heterocycles. The van der Waals surface area contributed by atoms with Gasteiger partial charge in [0, 0.05) is 51.5 Å². The van der Waals surface area contributed by atoms with Crippen molar-refractivity contribution in [3.05, 3.63) is 35.4 Å². The normalized spacial score (nSPS) is 22.6. The van der Waals surface area contributed by atoms with Gasteiger partial charge >= 0.3 is 0 Å². The second-order valence-electron chi connectivity index (χ2n) is 7.00. The van der Waals surface area contributed by atoms with Gasteiger partial charge < -0.3 is 9.64 Å². The Bertz CT molecular complexity index is 552. The average Bonchev–Trinajstić information content (AvgIpc) is 2.61. The molecule has 2 fully saturated rings. The molecule has 1 aromatic rings. The van der Waals surface area contributed by atoms with Gasteiger partial charge in [0.1, 0.15) is 0 Å². The first-order valence-electron chi connectivity index (χ1n) is 8.74. The molecular weight excluding hydrogens is 286 g/mol. The Labute approximate surface area is 139 Å². The molecule has 0 N–H and O–H groups in total. The molecule has 0 aliphatic carbocycles. The number of benzene rings is 1. The maximum atomic E-state index is 8.98. The van der Waals surface area contributed by atoms with Crippen LogP contribution in [0.4, 0.5) is 0 Å². The summed E-state index contributed by atoms with van der Waals surface area (Å²) in [6.45, 7) is 9.92. The summed E-state index contributed by atoms with van der Waals surface area (Å²) in [4.78, 5) is 5.22. The van der Waals surface area contributed by atoms with Crippen LogP contribution < -0.4 is 0 Å². The van der Waals surface area contributed by atoms with Crippen molar-refractivity contribution < 1.29 is 4.74 Å². The van der Waals surface area contributed by atoms with Gasteiger partial charge in [0.25, 0.3) is 0 Å². The Morgan fingerprint density at radius 2 is 1.91 bits per heavy atom. The van der Waals surface area contributed by atoms with Crippen LogP contribution in [0.2, 0.25) is 0 Å².